The maximum absolute atomic E-state index is 13.2. The Morgan fingerprint density at radius 1 is 1.19 bits per heavy atom. The first-order valence-electron chi connectivity index (χ1n) is 10.8. The third kappa shape index (κ3) is 4.51. The number of carbonyl (C=O) groups is 2. The molecule has 0 bridgehead atoms. The van der Waals surface area contributed by atoms with Crippen molar-refractivity contribution in [2.75, 3.05) is 26.7 Å². The van der Waals surface area contributed by atoms with Crippen LogP contribution >= 0.6 is 0 Å². The molecule has 2 amide bonds. The number of rotatable bonds is 5. The van der Waals surface area contributed by atoms with E-state index in [0.29, 0.717) is 37.3 Å². The second-order valence-electron chi connectivity index (χ2n) is 8.13. The first kappa shape index (κ1) is 21.6. The molecule has 7 nitrogen and oxygen atoms in total. The van der Waals surface area contributed by atoms with Gasteiger partial charge in [0.15, 0.2) is 0 Å². The zero-order valence-corrected chi connectivity index (χ0v) is 18.7. The lowest BCUT2D eigenvalue weighted by Crippen LogP contribution is -2.37. The van der Waals surface area contributed by atoms with Crippen LogP contribution in [0, 0.1) is 12.8 Å². The lowest BCUT2D eigenvalue weighted by Gasteiger charge is -2.23. The second kappa shape index (κ2) is 9.26. The highest BCUT2D eigenvalue weighted by Gasteiger charge is 2.30. The fourth-order valence-electron chi connectivity index (χ4n) is 4.24. The summed E-state index contributed by atoms with van der Waals surface area (Å²) in [6, 6.07) is 16.0. The van der Waals surface area contributed by atoms with E-state index in [1.54, 1.807) is 29.9 Å². The molecule has 166 valence electrons. The van der Waals surface area contributed by atoms with Crippen LogP contribution in [0.4, 0.5) is 0 Å². The maximum atomic E-state index is 13.2. The van der Waals surface area contributed by atoms with E-state index in [1.165, 1.54) is 0 Å². The number of hydrogen-bond acceptors (Lipinski definition) is 4. The molecular weight excluding hydrogens is 404 g/mol. The van der Waals surface area contributed by atoms with Gasteiger partial charge in [-0.15, -0.1) is 0 Å². The third-order valence-corrected chi connectivity index (χ3v) is 5.91. The van der Waals surface area contributed by atoms with E-state index in [4.69, 9.17) is 4.74 Å². The van der Waals surface area contributed by atoms with Crippen LogP contribution < -0.4 is 10.1 Å². The van der Waals surface area contributed by atoms with E-state index in [1.807, 2.05) is 43.3 Å². The van der Waals surface area contributed by atoms with E-state index in [-0.39, 0.29) is 17.7 Å². The number of methoxy groups -OCH3 is 1. The van der Waals surface area contributed by atoms with Gasteiger partial charge >= 0.3 is 0 Å². The van der Waals surface area contributed by atoms with Gasteiger partial charge in [-0.25, -0.2) is 0 Å². The fraction of sp³-hybridized carbons (Fsp3) is 0.320. The molecule has 0 saturated carbocycles. The molecule has 3 aromatic rings. The molecule has 0 radical (unpaired) electrons. The first-order valence-corrected chi connectivity index (χ1v) is 10.8. The number of hydrogen-bond donors (Lipinski definition) is 1. The number of aromatic nitrogens is 2. The van der Waals surface area contributed by atoms with Crippen LogP contribution in [0.1, 0.15) is 21.6 Å². The van der Waals surface area contributed by atoms with Crippen molar-refractivity contribution in [3.8, 4) is 16.9 Å². The van der Waals surface area contributed by atoms with E-state index in [9.17, 15) is 9.59 Å². The van der Waals surface area contributed by atoms with E-state index >= 15 is 0 Å². The van der Waals surface area contributed by atoms with Gasteiger partial charge in [-0.05, 0) is 42.2 Å². The summed E-state index contributed by atoms with van der Waals surface area (Å²) in [5.41, 5.74) is 4.49. The van der Waals surface area contributed by atoms with Gasteiger partial charge < -0.3 is 15.0 Å². The average molecular weight is 433 g/mol. The number of nitrogens with zero attached hydrogens (tertiary/aromatic N) is 3. The van der Waals surface area contributed by atoms with Crippen LogP contribution in [0.2, 0.25) is 0 Å². The Morgan fingerprint density at radius 2 is 1.94 bits per heavy atom. The van der Waals surface area contributed by atoms with E-state index in [2.05, 4.69) is 22.5 Å². The zero-order valence-electron chi connectivity index (χ0n) is 18.7. The van der Waals surface area contributed by atoms with Gasteiger partial charge in [0.1, 0.15) is 5.75 Å². The molecule has 1 aliphatic rings. The van der Waals surface area contributed by atoms with E-state index < -0.39 is 0 Å². The molecule has 0 unspecified atom stereocenters. The van der Waals surface area contributed by atoms with Crippen LogP contribution in [-0.4, -0.2) is 53.2 Å². The molecule has 4 rings (SSSR count). The molecule has 1 fully saturated rings. The van der Waals surface area contributed by atoms with Crippen molar-refractivity contribution >= 4 is 11.8 Å². The molecule has 1 aromatic heterocycles. The largest absolute Gasteiger partial charge is 0.497 e. The standard InChI is InChI=1S/C25H28N4O3/c1-17-23(16-28(2)27-17)25(31)29-13-12-26-24(30)20(15-29)14-19-6-4-5-7-22(19)18-8-10-21(32-3)11-9-18/h4-11,16,20H,12-15H2,1-3H3,(H,26,30)/t20-/m0/s1. The van der Waals surface area contributed by atoms with Crippen molar-refractivity contribution in [1.82, 2.24) is 20.0 Å². The minimum absolute atomic E-state index is 0.0206. The molecular formula is C25H28N4O3. The molecule has 2 heterocycles. The van der Waals surface area contributed by atoms with Crippen molar-refractivity contribution in [3.63, 3.8) is 0 Å². The monoisotopic (exact) mass is 432 g/mol. The molecule has 1 aliphatic heterocycles. The van der Waals surface area contributed by atoms with Gasteiger partial charge in [0.2, 0.25) is 5.91 Å². The van der Waals surface area contributed by atoms with Crippen molar-refractivity contribution < 1.29 is 14.3 Å². The summed E-state index contributed by atoms with van der Waals surface area (Å²) in [4.78, 5) is 27.8. The predicted molar refractivity (Wildman–Crippen MR) is 122 cm³/mol. The number of nitrogens with one attached hydrogen (secondary N) is 1. The van der Waals surface area contributed by atoms with Crippen LogP contribution in [0.15, 0.2) is 54.7 Å². The minimum atomic E-state index is -0.335. The summed E-state index contributed by atoms with van der Waals surface area (Å²) in [6.07, 6.45) is 2.29. The number of carbonyl (C=O) groups excluding carboxylic acids is 2. The highest BCUT2D eigenvalue weighted by molar-refractivity contribution is 5.95. The zero-order chi connectivity index (χ0) is 22.7. The fourth-order valence-corrected chi connectivity index (χ4v) is 4.24. The first-order chi connectivity index (χ1) is 15.5. The Balaban J connectivity index is 1.58. The van der Waals surface area contributed by atoms with Gasteiger partial charge in [0, 0.05) is 32.9 Å². The van der Waals surface area contributed by atoms with Crippen LogP contribution in [0.25, 0.3) is 11.1 Å². The Bertz CT molecular complexity index is 1120. The SMILES string of the molecule is COc1ccc(-c2ccccc2C[C@H]2CN(C(=O)c3cn(C)nc3C)CCNC2=O)cc1. The lowest BCUT2D eigenvalue weighted by molar-refractivity contribution is -0.124. The van der Waals surface area contributed by atoms with Crippen molar-refractivity contribution in [3.05, 3.63) is 71.5 Å². The van der Waals surface area contributed by atoms with Crippen molar-refractivity contribution in [2.45, 2.75) is 13.3 Å². The normalized spacial score (nSPS) is 16.4. The van der Waals surface area contributed by atoms with Gasteiger partial charge in [-0.2, -0.15) is 5.10 Å². The number of benzene rings is 2. The summed E-state index contributed by atoms with van der Waals surface area (Å²) < 4.78 is 6.91. The van der Waals surface area contributed by atoms with Crippen LogP contribution in [0.3, 0.4) is 0 Å². The molecule has 1 saturated heterocycles. The molecule has 1 N–H and O–H groups in total. The lowest BCUT2D eigenvalue weighted by atomic mass is 9.91. The van der Waals surface area contributed by atoms with Crippen LogP contribution in [0.5, 0.6) is 5.75 Å². The summed E-state index contributed by atoms with van der Waals surface area (Å²) in [5.74, 6) is 0.361. The number of ether oxygens (including phenoxy) is 1. The van der Waals surface area contributed by atoms with Crippen LogP contribution in [-0.2, 0) is 18.3 Å². The maximum Gasteiger partial charge on any atom is 0.257 e. The van der Waals surface area contributed by atoms with Gasteiger partial charge in [0.25, 0.3) is 5.91 Å². The number of aryl methyl sites for hydroxylation is 2. The highest BCUT2D eigenvalue weighted by Crippen LogP contribution is 2.28. The Hall–Kier alpha value is -3.61. The molecule has 1 atom stereocenters. The van der Waals surface area contributed by atoms with Gasteiger partial charge in [-0.1, -0.05) is 36.4 Å². The van der Waals surface area contributed by atoms with Crippen molar-refractivity contribution in [1.29, 1.82) is 0 Å². The third-order valence-electron chi connectivity index (χ3n) is 5.91. The highest BCUT2D eigenvalue weighted by atomic mass is 16.5. The molecule has 2 aromatic carbocycles. The second-order valence-corrected chi connectivity index (χ2v) is 8.13. The topological polar surface area (TPSA) is 76.5 Å². The molecule has 32 heavy (non-hydrogen) atoms. The van der Waals surface area contributed by atoms with Gasteiger partial charge in [0.05, 0.1) is 24.3 Å². The molecule has 7 heteroatoms. The summed E-state index contributed by atoms with van der Waals surface area (Å²) in [7, 11) is 3.45. The Kier molecular flexibility index (Phi) is 6.25. The smallest absolute Gasteiger partial charge is 0.257 e. The minimum Gasteiger partial charge on any atom is -0.497 e. The van der Waals surface area contributed by atoms with Crippen molar-refractivity contribution in [2.24, 2.45) is 13.0 Å². The summed E-state index contributed by atoms with van der Waals surface area (Å²) >= 11 is 0. The number of amides is 2. The predicted octanol–water partition coefficient (Wildman–Crippen LogP) is 2.84. The Labute approximate surface area is 188 Å². The summed E-state index contributed by atoms with van der Waals surface area (Å²) in [6.45, 7) is 3.13. The molecule has 0 spiro atoms. The van der Waals surface area contributed by atoms with E-state index in [0.717, 1.165) is 22.4 Å². The molecule has 0 aliphatic carbocycles. The summed E-state index contributed by atoms with van der Waals surface area (Å²) in [5, 5.41) is 7.26. The average Bonchev–Trinajstić information content (AvgIpc) is 3.03. The van der Waals surface area contributed by atoms with Gasteiger partial charge in [-0.3, -0.25) is 14.3 Å². The Morgan fingerprint density at radius 3 is 2.62 bits per heavy atom. The quantitative estimate of drug-likeness (QED) is 0.673.